The molecule has 2 aromatic heterocycles. The zero-order chi connectivity index (χ0) is 16.7. The second-order valence-corrected chi connectivity index (χ2v) is 7.63. The van der Waals surface area contributed by atoms with Gasteiger partial charge in [0.15, 0.2) is 5.65 Å². The number of rotatable bonds is 3. The molecule has 1 aliphatic rings. The molecule has 0 saturated carbocycles. The van der Waals surface area contributed by atoms with E-state index in [0.29, 0.717) is 12.8 Å². The number of nitrogens with zero attached hydrogens (tertiary/aromatic N) is 2. The molecule has 6 nitrogen and oxygen atoms in total. The first-order valence-corrected chi connectivity index (χ1v) is 9.09. The highest BCUT2D eigenvalue weighted by molar-refractivity contribution is 7.89. The summed E-state index contributed by atoms with van der Waals surface area (Å²) in [5, 5.41) is 7.82. The fraction of sp³-hybridized carbons (Fsp3) is 0.250. The van der Waals surface area contributed by atoms with Crippen molar-refractivity contribution in [2.75, 3.05) is 0 Å². The Morgan fingerprint density at radius 2 is 2.17 bits per heavy atom. The van der Waals surface area contributed by atoms with Gasteiger partial charge in [0.2, 0.25) is 10.0 Å². The van der Waals surface area contributed by atoms with Gasteiger partial charge in [0.25, 0.3) is 0 Å². The van der Waals surface area contributed by atoms with E-state index < -0.39 is 15.8 Å². The highest BCUT2D eigenvalue weighted by atomic mass is 32.2. The topological polar surface area (TPSA) is 87.7 Å². The molecule has 1 aliphatic carbocycles. The number of pyridine rings is 1. The summed E-state index contributed by atoms with van der Waals surface area (Å²) in [6.45, 7) is 0. The SMILES string of the molecule is O=S(=O)(NC1CCc2c(cnc3[nH]ncc23)C1)c1cccc(F)c1. The molecule has 1 unspecified atom stereocenters. The van der Waals surface area contributed by atoms with E-state index >= 15 is 0 Å². The lowest BCUT2D eigenvalue weighted by molar-refractivity contribution is 0.507. The van der Waals surface area contributed by atoms with Gasteiger partial charge in [-0.25, -0.2) is 22.5 Å². The van der Waals surface area contributed by atoms with E-state index in [2.05, 4.69) is 19.9 Å². The van der Waals surface area contributed by atoms with Gasteiger partial charge in [-0.1, -0.05) is 6.07 Å². The van der Waals surface area contributed by atoms with Crippen molar-refractivity contribution in [2.45, 2.75) is 30.2 Å². The summed E-state index contributed by atoms with van der Waals surface area (Å²) < 4.78 is 40.8. The summed E-state index contributed by atoms with van der Waals surface area (Å²) in [7, 11) is -3.75. The molecule has 0 fully saturated rings. The molecule has 2 N–H and O–H groups in total. The summed E-state index contributed by atoms with van der Waals surface area (Å²) in [6, 6.07) is 4.78. The van der Waals surface area contributed by atoms with Gasteiger partial charge >= 0.3 is 0 Å². The summed E-state index contributed by atoms with van der Waals surface area (Å²) >= 11 is 0. The molecule has 1 atom stereocenters. The van der Waals surface area contributed by atoms with Crippen molar-refractivity contribution in [2.24, 2.45) is 0 Å². The Bertz CT molecular complexity index is 1020. The summed E-state index contributed by atoms with van der Waals surface area (Å²) in [6.07, 6.45) is 5.48. The number of sulfonamides is 1. The van der Waals surface area contributed by atoms with Crippen LogP contribution in [0, 0.1) is 5.82 Å². The van der Waals surface area contributed by atoms with Crippen LogP contribution in [0.15, 0.2) is 41.6 Å². The fourth-order valence-electron chi connectivity index (χ4n) is 3.17. The lowest BCUT2D eigenvalue weighted by atomic mass is 9.88. The average Bonchev–Trinajstić information content (AvgIpc) is 3.03. The van der Waals surface area contributed by atoms with Crippen molar-refractivity contribution < 1.29 is 12.8 Å². The molecule has 124 valence electrons. The first-order valence-electron chi connectivity index (χ1n) is 7.61. The monoisotopic (exact) mass is 346 g/mol. The van der Waals surface area contributed by atoms with Crippen LogP contribution in [0.1, 0.15) is 17.5 Å². The number of hydrogen-bond acceptors (Lipinski definition) is 4. The van der Waals surface area contributed by atoms with E-state index in [1.165, 1.54) is 18.2 Å². The summed E-state index contributed by atoms with van der Waals surface area (Å²) in [5.41, 5.74) is 2.92. The molecule has 4 rings (SSSR count). The van der Waals surface area contributed by atoms with Crippen LogP contribution in [0.4, 0.5) is 4.39 Å². The third-order valence-corrected chi connectivity index (χ3v) is 5.84. The number of fused-ring (bicyclic) bond motifs is 3. The second kappa shape index (κ2) is 5.64. The molecular weight excluding hydrogens is 331 g/mol. The molecule has 0 amide bonds. The Labute approximate surface area is 138 Å². The van der Waals surface area contributed by atoms with Crippen molar-refractivity contribution in [3.8, 4) is 0 Å². The summed E-state index contributed by atoms with van der Waals surface area (Å²) in [4.78, 5) is 4.25. The Kier molecular flexibility index (Phi) is 3.58. The standard InChI is InChI=1S/C16H15FN4O2S/c17-11-2-1-3-13(7-11)24(22,23)21-12-4-5-14-10(6-12)8-18-16-15(14)9-19-20-16/h1-3,7-9,12,21H,4-6H2,(H,18,19,20). The van der Waals surface area contributed by atoms with Crippen molar-refractivity contribution >= 4 is 21.1 Å². The molecule has 0 spiro atoms. The molecule has 3 aromatic rings. The quantitative estimate of drug-likeness (QED) is 0.759. The summed E-state index contributed by atoms with van der Waals surface area (Å²) in [5.74, 6) is -0.571. The minimum absolute atomic E-state index is 0.0586. The van der Waals surface area contributed by atoms with Crippen LogP contribution in [0.2, 0.25) is 0 Å². The van der Waals surface area contributed by atoms with E-state index in [4.69, 9.17) is 0 Å². The second-order valence-electron chi connectivity index (χ2n) is 5.91. The number of benzene rings is 1. The smallest absolute Gasteiger partial charge is 0.240 e. The number of H-pyrrole nitrogens is 1. The Morgan fingerprint density at radius 1 is 1.29 bits per heavy atom. The third kappa shape index (κ3) is 2.67. The maximum absolute atomic E-state index is 13.3. The van der Waals surface area contributed by atoms with Crippen LogP contribution in [0.3, 0.4) is 0 Å². The van der Waals surface area contributed by atoms with Gasteiger partial charge in [0, 0.05) is 17.6 Å². The van der Waals surface area contributed by atoms with Gasteiger partial charge in [-0.15, -0.1) is 0 Å². The molecule has 0 bridgehead atoms. The Balaban J connectivity index is 1.59. The third-order valence-electron chi connectivity index (χ3n) is 4.32. The molecule has 0 saturated heterocycles. The van der Waals surface area contributed by atoms with Crippen molar-refractivity contribution in [3.05, 3.63) is 53.6 Å². The van der Waals surface area contributed by atoms with Crippen LogP contribution >= 0.6 is 0 Å². The maximum atomic E-state index is 13.3. The van der Waals surface area contributed by atoms with E-state index in [1.54, 1.807) is 12.4 Å². The number of aromatic amines is 1. The molecular formula is C16H15FN4O2S. The molecule has 2 heterocycles. The van der Waals surface area contributed by atoms with Crippen LogP contribution in [-0.4, -0.2) is 29.6 Å². The zero-order valence-electron chi connectivity index (χ0n) is 12.7. The highest BCUT2D eigenvalue weighted by Gasteiger charge is 2.26. The minimum Gasteiger partial charge on any atom is -0.261 e. The number of aryl methyl sites for hydroxylation is 1. The Hall–Kier alpha value is -2.32. The number of nitrogens with one attached hydrogen (secondary N) is 2. The zero-order valence-corrected chi connectivity index (χ0v) is 13.5. The van der Waals surface area contributed by atoms with E-state index in [9.17, 15) is 12.8 Å². The largest absolute Gasteiger partial charge is 0.261 e. The van der Waals surface area contributed by atoms with E-state index in [-0.39, 0.29) is 10.9 Å². The lowest BCUT2D eigenvalue weighted by Gasteiger charge is -2.25. The number of aromatic nitrogens is 3. The molecule has 0 radical (unpaired) electrons. The maximum Gasteiger partial charge on any atom is 0.240 e. The van der Waals surface area contributed by atoms with Crippen molar-refractivity contribution in [1.82, 2.24) is 19.9 Å². The predicted octanol–water partition coefficient (Wildman–Crippen LogP) is 1.93. The number of hydrogen-bond donors (Lipinski definition) is 2. The number of halogens is 1. The fourth-order valence-corrected chi connectivity index (χ4v) is 4.47. The van der Waals surface area contributed by atoms with Crippen LogP contribution in [-0.2, 0) is 22.9 Å². The van der Waals surface area contributed by atoms with Crippen LogP contribution in [0.5, 0.6) is 0 Å². The first kappa shape index (κ1) is 15.2. The van der Waals surface area contributed by atoms with Crippen molar-refractivity contribution in [1.29, 1.82) is 0 Å². The first-order chi connectivity index (χ1) is 11.5. The molecule has 1 aromatic carbocycles. The van der Waals surface area contributed by atoms with Crippen LogP contribution < -0.4 is 4.72 Å². The average molecular weight is 346 g/mol. The van der Waals surface area contributed by atoms with Gasteiger partial charge in [-0.05, 0) is 48.6 Å². The van der Waals surface area contributed by atoms with E-state index in [0.717, 1.165) is 34.6 Å². The molecule has 8 heteroatoms. The van der Waals surface area contributed by atoms with Crippen molar-refractivity contribution in [3.63, 3.8) is 0 Å². The molecule has 24 heavy (non-hydrogen) atoms. The van der Waals surface area contributed by atoms with Crippen LogP contribution in [0.25, 0.3) is 11.0 Å². The van der Waals surface area contributed by atoms with Gasteiger partial charge in [-0.2, -0.15) is 5.10 Å². The highest BCUT2D eigenvalue weighted by Crippen LogP contribution is 2.27. The van der Waals surface area contributed by atoms with Gasteiger partial charge in [0.1, 0.15) is 5.82 Å². The molecule has 0 aliphatic heterocycles. The lowest BCUT2D eigenvalue weighted by Crippen LogP contribution is -2.38. The van der Waals surface area contributed by atoms with E-state index in [1.807, 2.05) is 0 Å². The van der Waals surface area contributed by atoms with Gasteiger partial charge < -0.3 is 0 Å². The minimum atomic E-state index is -3.75. The van der Waals surface area contributed by atoms with Gasteiger partial charge in [-0.3, -0.25) is 5.10 Å². The van der Waals surface area contributed by atoms with Gasteiger partial charge in [0.05, 0.1) is 11.1 Å². The normalized spacial score (nSPS) is 17.8. The predicted molar refractivity (Wildman–Crippen MR) is 86.4 cm³/mol. The Morgan fingerprint density at radius 3 is 3.00 bits per heavy atom.